The molecule has 0 bridgehead atoms. The molecular formula is C22H25FN4O2. The summed E-state index contributed by atoms with van der Waals surface area (Å²) in [5.41, 5.74) is 3.67. The summed E-state index contributed by atoms with van der Waals surface area (Å²) in [6.45, 7) is 5.23. The van der Waals surface area contributed by atoms with Gasteiger partial charge in [-0.3, -0.25) is 4.79 Å². The largest absolute Gasteiger partial charge is 0.370 e. The van der Waals surface area contributed by atoms with E-state index >= 15 is 0 Å². The van der Waals surface area contributed by atoms with Gasteiger partial charge in [0.15, 0.2) is 0 Å². The fourth-order valence-corrected chi connectivity index (χ4v) is 3.86. The summed E-state index contributed by atoms with van der Waals surface area (Å²) in [5, 5.41) is 2.73. The zero-order valence-electron chi connectivity index (χ0n) is 16.5. The number of carbonyl (C=O) groups excluding carboxylic acids is 2. The van der Waals surface area contributed by atoms with Crippen molar-refractivity contribution in [3.8, 4) is 0 Å². The molecule has 0 aromatic heterocycles. The van der Waals surface area contributed by atoms with Crippen LogP contribution < -0.4 is 10.2 Å². The number of nitrogens with zero attached hydrogens (tertiary/aromatic N) is 3. The average molecular weight is 396 g/mol. The number of anilines is 2. The van der Waals surface area contributed by atoms with Crippen LogP contribution in [0.25, 0.3) is 0 Å². The number of benzene rings is 2. The van der Waals surface area contributed by atoms with Crippen LogP contribution >= 0.6 is 0 Å². The van der Waals surface area contributed by atoms with Crippen LogP contribution in [0.5, 0.6) is 0 Å². The second-order valence-electron chi connectivity index (χ2n) is 7.64. The first-order valence-corrected chi connectivity index (χ1v) is 9.93. The van der Waals surface area contributed by atoms with E-state index in [1.807, 2.05) is 4.90 Å². The normalized spacial score (nSPS) is 16.9. The van der Waals surface area contributed by atoms with Gasteiger partial charge in [-0.15, -0.1) is 0 Å². The molecule has 152 valence electrons. The first-order valence-electron chi connectivity index (χ1n) is 9.93. The summed E-state index contributed by atoms with van der Waals surface area (Å²) < 4.78 is 13.5. The molecule has 7 heteroatoms. The van der Waals surface area contributed by atoms with Gasteiger partial charge >= 0.3 is 6.03 Å². The molecular weight excluding hydrogens is 371 g/mol. The molecule has 2 heterocycles. The van der Waals surface area contributed by atoms with Crippen molar-refractivity contribution in [1.82, 2.24) is 9.80 Å². The lowest BCUT2D eigenvalue weighted by Gasteiger charge is -2.31. The van der Waals surface area contributed by atoms with Crippen molar-refractivity contribution in [2.45, 2.75) is 19.9 Å². The predicted molar refractivity (Wildman–Crippen MR) is 110 cm³/mol. The SMILES string of the molecule is Cc1ccc(N2CCCN(C(=O)CN3Cc4cc(F)ccc4NC3=O)CC2)cc1. The van der Waals surface area contributed by atoms with E-state index in [1.165, 1.54) is 28.3 Å². The Bertz CT molecular complexity index is 916. The maximum atomic E-state index is 13.5. The van der Waals surface area contributed by atoms with Gasteiger partial charge in [0.05, 0.1) is 6.54 Å². The number of hydrogen-bond donors (Lipinski definition) is 1. The number of fused-ring (bicyclic) bond motifs is 1. The Morgan fingerprint density at radius 2 is 1.86 bits per heavy atom. The molecule has 2 aliphatic heterocycles. The second-order valence-corrected chi connectivity index (χ2v) is 7.64. The molecule has 0 spiro atoms. The number of halogens is 1. The van der Waals surface area contributed by atoms with Gasteiger partial charge < -0.3 is 20.0 Å². The third kappa shape index (κ3) is 4.34. The van der Waals surface area contributed by atoms with Crippen LogP contribution in [0.2, 0.25) is 0 Å². The fourth-order valence-electron chi connectivity index (χ4n) is 3.86. The smallest absolute Gasteiger partial charge is 0.322 e. The van der Waals surface area contributed by atoms with Crippen LogP contribution in [0.4, 0.5) is 20.6 Å². The Labute approximate surface area is 169 Å². The quantitative estimate of drug-likeness (QED) is 0.867. The number of amides is 3. The highest BCUT2D eigenvalue weighted by Gasteiger charge is 2.27. The molecule has 0 aliphatic carbocycles. The Morgan fingerprint density at radius 3 is 2.66 bits per heavy atom. The highest BCUT2D eigenvalue weighted by molar-refractivity contribution is 5.94. The number of urea groups is 1. The topological polar surface area (TPSA) is 55.9 Å². The van der Waals surface area contributed by atoms with Gasteiger partial charge in [0.1, 0.15) is 12.4 Å². The van der Waals surface area contributed by atoms with Crippen molar-refractivity contribution in [1.29, 1.82) is 0 Å². The van der Waals surface area contributed by atoms with Crippen LogP contribution in [0, 0.1) is 12.7 Å². The molecule has 2 aromatic carbocycles. The van der Waals surface area contributed by atoms with Gasteiger partial charge in [0, 0.05) is 37.6 Å². The Morgan fingerprint density at radius 1 is 1.07 bits per heavy atom. The van der Waals surface area contributed by atoms with Crippen molar-refractivity contribution in [3.63, 3.8) is 0 Å². The zero-order chi connectivity index (χ0) is 20.4. The minimum absolute atomic E-state index is 0.00762. The number of nitrogens with one attached hydrogen (secondary N) is 1. The molecule has 2 aromatic rings. The molecule has 0 atom stereocenters. The summed E-state index contributed by atoms with van der Waals surface area (Å²) in [4.78, 5) is 30.7. The van der Waals surface area contributed by atoms with Crippen molar-refractivity contribution >= 4 is 23.3 Å². The van der Waals surface area contributed by atoms with Gasteiger partial charge in [0.2, 0.25) is 5.91 Å². The molecule has 1 fully saturated rings. The first kappa shape index (κ1) is 19.2. The van der Waals surface area contributed by atoms with Gasteiger partial charge in [0.25, 0.3) is 0 Å². The lowest BCUT2D eigenvalue weighted by molar-refractivity contribution is -0.131. The molecule has 0 radical (unpaired) electrons. The molecule has 0 saturated carbocycles. The van der Waals surface area contributed by atoms with Crippen molar-refractivity contribution in [2.24, 2.45) is 0 Å². The zero-order valence-corrected chi connectivity index (χ0v) is 16.5. The number of carbonyl (C=O) groups is 2. The summed E-state index contributed by atoms with van der Waals surface area (Å²) in [6, 6.07) is 12.4. The van der Waals surface area contributed by atoms with E-state index in [2.05, 4.69) is 41.4 Å². The average Bonchev–Trinajstić information content (AvgIpc) is 2.96. The number of aryl methyl sites for hydroxylation is 1. The minimum Gasteiger partial charge on any atom is -0.370 e. The Balaban J connectivity index is 1.37. The molecule has 3 amide bonds. The summed E-state index contributed by atoms with van der Waals surface area (Å²) in [6.07, 6.45) is 0.875. The minimum atomic E-state index is -0.352. The lowest BCUT2D eigenvalue weighted by Crippen LogP contribution is -2.46. The monoisotopic (exact) mass is 396 g/mol. The summed E-state index contributed by atoms with van der Waals surface area (Å²) in [7, 11) is 0. The van der Waals surface area contributed by atoms with Crippen LogP contribution in [0.15, 0.2) is 42.5 Å². The number of rotatable bonds is 3. The third-order valence-corrected chi connectivity index (χ3v) is 5.53. The van der Waals surface area contributed by atoms with Crippen molar-refractivity contribution in [2.75, 3.05) is 42.9 Å². The summed E-state index contributed by atoms with van der Waals surface area (Å²) >= 11 is 0. The van der Waals surface area contributed by atoms with E-state index < -0.39 is 0 Å². The van der Waals surface area contributed by atoms with E-state index in [9.17, 15) is 14.0 Å². The van der Waals surface area contributed by atoms with Gasteiger partial charge in [-0.25, -0.2) is 9.18 Å². The second kappa shape index (κ2) is 8.11. The van der Waals surface area contributed by atoms with E-state index in [1.54, 1.807) is 6.07 Å². The van der Waals surface area contributed by atoms with Crippen molar-refractivity contribution < 1.29 is 14.0 Å². The fraction of sp³-hybridized carbons (Fsp3) is 0.364. The molecule has 4 rings (SSSR count). The van der Waals surface area contributed by atoms with Crippen LogP contribution in [0.3, 0.4) is 0 Å². The Hall–Kier alpha value is -3.09. The molecule has 29 heavy (non-hydrogen) atoms. The third-order valence-electron chi connectivity index (χ3n) is 5.53. The van der Waals surface area contributed by atoms with Crippen LogP contribution in [-0.2, 0) is 11.3 Å². The van der Waals surface area contributed by atoms with Crippen LogP contribution in [0.1, 0.15) is 17.5 Å². The Kier molecular flexibility index (Phi) is 5.38. The summed E-state index contributed by atoms with van der Waals surface area (Å²) in [5.74, 6) is -0.430. The molecule has 1 saturated heterocycles. The van der Waals surface area contributed by atoms with Crippen molar-refractivity contribution in [3.05, 3.63) is 59.4 Å². The van der Waals surface area contributed by atoms with Gasteiger partial charge in [-0.2, -0.15) is 0 Å². The van der Waals surface area contributed by atoms with E-state index in [4.69, 9.17) is 0 Å². The molecule has 1 N–H and O–H groups in total. The predicted octanol–water partition coefficient (Wildman–Crippen LogP) is 3.22. The first-order chi connectivity index (χ1) is 14.0. The van der Waals surface area contributed by atoms with Crippen LogP contribution in [-0.4, -0.2) is 54.5 Å². The highest BCUT2D eigenvalue weighted by Crippen LogP contribution is 2.24. The molecule has 2 aliphatic rings. The standard InChI is InChI=1S/C22H25FN4O2/c1-16-3-6-19(7-4-16)25-9-2-10-26(12-11-25)21(28)15-27-14-17-13-18(23)5-8-20(17)24-22(27)29/h3-8,13H,2,9-12,14-15H2,1H3,(H,24,29). The highest BCUT2D eigenvalue weighted by atomic mass is 19.1. The van der Waals surface area contributed by atoms with E-state index in [0.717, 1.165) is 19.5 Å². The maximum Gasteiger partial charge on any atom is 0.322 e. The molecule has 6 nitrogen and oxygen atoms in total. The number of hydrogen-bond acceptors (Lipinski definition) is 3. The molecule has 0 unspecified atom stereocenters. The van der Waals surface area contributed by atoms with Gasteiger partial charge in [-0.05, 0) is 49.2 Å². The van der Waals surface area contributed by atoms with E-state index in [0.29, 0.717) is 24.3 Å². The lowest BCUT2D eigenvalue weighted by atomic mass is 10.1. The van der Waals surface area contributed by atoms with E-state index in [-0.39, 0.29) is 30.8 Å². The van der Waals surface area contributed by atoms with Gasteiger partial charge in [-0.1, -0.05) is 17.7 Å². The maximum absolute atomic E-state index is 13.5.